The van der Waals surface area contributed by atoms with Gasteiger partial charge in [0.2, 0.25) is 10.0 Å². The van der Waals surface area contributed by atoms with Crippen LogP contribution in [0.15, 0.2) is 46.1 Å². The first-order valence-corrected chi connectivity index (χ1v) is 12.3. The lowest BCUT2D eigenvalue weighted by Gasteiger charge is -2.37. The van der Waals surface area contributed by atoms with E-state index in [1.165, 1.54) is 0 Å². The number of methoxy groups -OCH3 is 1. The van der Waals surface area contributed by atoms with Gasteiger partial charge in [-0.15, -0.1) is 0 Å². The number of fused-ring (bicyclic) bond motifs is 2. The van der Waals surface area contributed by atoms with Gasteiger partial charge < -0.3 is 9.47 Å². The van der Waals surface area contributed by atoms with Crippen LogP contribution in [0.4, 0.5) is 0 Å². The second-order valence-electron chi connectivity index (χ2n) is 8.60. The molecule has 9 heteroatoms. The van der Waals surface area contributed by atoms with Crippen molar-refractivity contribution < 1.29 is 17.9 Å². The maximum Gasteiger partial charge on any atom is 0.308 e. The first kappa shape index (κ1) is 21.9. The minimum absolute atomic E-state index is 0.000189. The molecule has 0 saturated heterocycles. The fourth-order valence-corrected chi connectivity index (χ4v) is 6.36. The summed E-state index contributed by atoms with van der Waals surface area (Å²) in [4.78, 5) is 12.4. The quantitative estimate of drug-likeness (QED) is 0.613. The van der Waals surface area contributed by atoms with Gasteiger partial charge in [-0.3, -0.25) is 9.36 Å². The maximum absolute atomic E-state index is 13.3. The van der Waals surface area contributed by atoms with E-state index in [9.17, 15) is 13.2 Å². The van der Waals surface area contributed by atoms with E-state index in [2.05, 4.69) is 4.72 Å². The fourth-order valence-electron chi connectivity index (χ4n) is 3.99. The Balaban J connectivity index is 1.71. The Bertz CT molecular complexity index is 1310. The van der Waals surface area contributed by atoms with Crippen LogP contribution in [0.25, 0.3) is 10.2 Å². The molecule has 0 saturated carbocycles. The highest BCUT2D eigenvalue weighted by molar-refractivity contribution is 7.89. The van der Waals surface area contributed by atoms with Crippen molar-refractivity contribution >= 4 is 31.6 Å². The van der Waals surface area contributed by atoms with Crippen LogP contribution in [0.5, 0.6) is 11.5 Å². The van der Waals surface area contributed by atoms with Gasteiger partial charge in [0.15, 0.2) is 0 Å². The molecule has 1 atom stereocenters. The molecule has 0 fully saturated rings. The summed E-state index contributed by atoms with van der Waals surface area (Å²) >= 11 is 1.06. The molecule has 0 spiro atoms. The summed E-state index contributed by atoms with van der Waals surface area (Å²) in [6, 6.07) is 9.76. The Morgan fingerprint density at radius 3 is 2.65 bits per heavy atom. The summed E-state index contributed by atoms with van der Waals surface area (Å²) < 4.78 is 43.0. The molecule has 1 aliphatic rings. The van der Waals surface area contributed by atoms with Crippen molar-refractivity contribution in [1.82, 2.24) is 9.29 Å². The van der Waals surface area contributed by atoms with Crippen LogP contribution < -0.4 is 19.1 Å². The SMILES string of the molecule is COc1ccc2c(c1)OC(C)(C)C[C@@H]2NS(=O)(=O)c1ccc2c(c1)sc(=O)n2C(C)C. The Hall–Kier alpha value is -2.36. The Kier molecular flexibility index (Phi) is 5.39. The zero-order chi connectivity index (χ0) is 22.6. The van der Waals surface area contributed by atoms with Crippen molar-refractivity contribution in [3.05, 3.63) is 51.6 Å². The molecule has 2 heterocycles. The van der Waals surface area contributed by atoms with Crippen LogP contribution in [0.3, 0.4) is 0 Å². The molecular formula is C22H26N2O5S2. The van der Waals surface area contributed by atoms with Crippen LogP contribution in [0.1, 0.15) is 51.8 Å². The van der Waals surface area contributed by atoms with Gasteiger partial charge in [0.1, 0.15) is 17.1 Å². The Labute approximate surface area is 185 Å². The van der Waals surface area contributed by atoms with Crippen LogP contribution in [0.2, 0.25) is 0 Å². The predicted molar refractivity (Wildman–Crippen MR) is 122 cm³/mol. The zero-order valence-electron chi connectivity index (χ0n) is 18.1. The zero-order valence-corrected chi connectivity index (χ0v) is 19.8. The molecule has 2 aromatic carbocycles. The van der Waals surface area contributed by atoms with Gasteiger partial charge in [0, 0.05) is 24.1 Å². The number of nitrogens with zero attached hydrogens (tertiary/aromatic N) is 1. The largest absolute Gasteiger partial charge is 0.497 e. The summed E-state index contributed by atoms with van der Waals surface area (Å²) in [6.07, 6.45) is 0.477. The third-order valence-corrected chi connectivity index (χ3v) is 7.77. The second-order valence-corrected chi connectivity index (χ2v) is 11.3. The topological polar surface area (TPSA) is 86.6 Å². The average molecular weight is 463 g/mol. The first-order chi connectivity index (χ1) is 14.5. The van der Waals surface area contributed by atoms with Gasteiger partial charge in [0.25, 0.3) is 0 Å². The molecular weight excluding hydrogens is 436 g/mol. The van der Waals surface area contributed by atoms with E-state index in [-0.39, 0.29) is 15.8 Å². The number of hydrogen-bond donors (Lipinski definition) is 1. The van der Waals surface area contributed by atoms with Crippen LogP contribution in [-0.4, -0.2) is 25.7 Å². The summed E-state index contributed by atoms with van der Waals surface area (Å²) in [5, 5.41) is 0. The first-order valence-electron chi connectivity index (χ1n) is 10.0. The Morgan fingerprint density at radius 1 is 1.23 bits per heavy atom. The third kappa shape index (κ3) is 4.09. The molecule has 166 valence electrons. The minimum atomic E-state index is -3.83. The Morgan fingerprint density at radius 2 is 1.97 bits per heavy atom. The lowest BCUT2D eigenvalue weighted by Crippen LogP contribution is -2.41. The number of rotatable bonds is 5. The van der Waals surface area contributed by atoms with E-state index in [0.717, 1.165) is 22.4 Å². The summed E-state index contributed by atoms with van der Waals surface area (Å²) in [7, 11) is -2.25. The van der Waals surface area contributed by atoms with Crippen LogP contribution >= 0.6 is 11.3 Å². The van der Waals surface area contributed by atoms with Gasteiger partial charge in [-0.2, -0.15) is 0 Å². The molecule has 0 bridgehead atoms. The molecule has 0 radical (unpaired) electrons. The molecule has 1 aliphatic heterocycles. The van der Waals surface area contributed by atoms with E-state index in [0.29, 0.717) is 22.6 Å². The second kappa shape index (κ2) is 7.65. The lowest BCUT2D eigenvalue weighted by atomic mass is 9.90. The standard InChI is InChI=1S/C22H26N2O5S2/c1-13(2)24-18-9-7-15(11-20(18)30-21(24)25)31(26,27)23-17-12-22(3,4)29-19-10-14(28-5)6-8-16(17)19/h6-11,13,17,23H,12H2,1-5H3/t17-/m0/s1. The van der Waals surface area contributed by atoms with Crippen molar-refractivity contribution in [3.8, 4) is 11.5 Å². The molecule has 3 aromatic rings. The van der Waals surface area contributed by atoms with Gasteiger partial charge >= 0.3 is 4.87 Å². The van der Waals surface area contributed by atoms with Gasteiger partial charge in [-0.1, -0.05) is 17.4 Å². The van der Waals surface area contributed by atoms with E-state index in [4.69, 9.17) is 9.47 Å². The highest BCUT2D eigenvalue weighted by atomic mass is 32.2. The fraction of sp³-hybridized carbons (Fsp3) is 0.409. The molecule has 1 aromatic heterocycles. The number of nitrogens with one attached hydrogen (secondary N) is 1. The van der Waals surface area contributed by atoms with Crippen LogP contribution in [0, 0.1) is 0 Å². The van der Waals surface area contributed by atoms with Gasteiger partial charge in [-0.25, -0.2) is 13.1 Å². The molecule has 7 nitrogen and oxygen atoms in total. The van der Waals surface area contributed by atoms with Crippen molar-refractivity contribution in [2.75, 3.05) is 7.11 Å². The van der Waals surface area contributed by atoms with Crippen molar-refractivity contribution in [2.45, 2.75) is 56.7 Å². The molecule has 0 amide bonds. The highest BCUT2D eigenvalue weighted by Gasteiger charge is 2.36. The number of ether oxygens (including phenoxy) is 2. The smallest absolute Gasteiger partial charge is 0.308 e. The van der Waals surface area contributed by atoms with E-state index >= 15 is 0 Å². The van der Waals surface area contributed by atoms with Crippen molar-refractivity contribution in [2.24, 2.45) is 0 Å². The molecule has 4 rings (SSSR count). The lowest BCUT2D eigenvalue weighted by molar-refractivity contribution is 0.0699. The van der Waals surface area contributed by atoms with Crippen molar-refractivity contribution in [3.63, 3.8) is 0 Å². The normalized spacial score (nSPS) is 18.1. The van der Waals surface area contributed by atoms with Gasteiger partial charge in [0.05, 0.1) is 28.3 Å². The minimum Gasteiger partial charge on any atom is -0.497 e. The van der Waals surface area contributed by atoms with E-state index in [1.807, 2.05) is 33.8 Å². The molecule has 0 unspecified atom stereocenters. The van der Waals surface area contributed by atoms with Crippen molar-refractivity contribution in [1.29, 1.82) is 0 Å². The maximum atomic E-state index is 13.3. The number of hydrogen-bond acceptors (Lipinski definition) is 6. The summed E-state index contributed by atoms with van der Waals surface area (Å²) in [5.41, 5.74) is 0.957. The number of benzene rings is 2. The average Bonchev–Trinajstić information content (AvgIpc) is 3.01. The van der Waals surface area contributed by atoms with Crippen LogP contribution in [-0.2, 0) is 10.0 Å². The number of thiazole rings is 1. The number of sulfonamides is 1. The monoisotopic (exact) mass is 462 g/mol. The van der Waals surface area contributed by atoms with E-state index in [1.54, 1.807) is 42.0 Å². The molecule has 0 aliphatic carbocycles. The van der Waals surface area contributed by atoms with E-state index < -0.39 is 21.7 Å². The predicted octanol–water partition coefficient (Wildman–Crippen LogP) is 4.23. The highest BCUT2D eigenvalue weighted by Crippen LogP contribution is 2.42. The molecule has 1 N–H and O–H groups in total. The molecule has 31 heavy (non-hydrogen) atoms. The summed E-state index contributed by atoms with van der Waals surface area (Å²) in [6.45, 7) is 7.71. The van der Waals surface area contributed by atoms with Gasteiger partial charge in [-0.05, 0) is 52.0 Å². The number of aromatic nitrogens is 1. The summed E-state index contributed by atoms with van der Waals surface area (Å²) in [5.74, 6) is 1.25. The third-order valence-electron chi connectivity index (χ3n) is 5.39.